The Balaban J connectivity index is 2.26. The SMILES string of the molecule is CCN1CCCC1CN(C)c1cc(C)nc(C)c1C(=N)N. The van der Waals surface area contributed by atoms with E-state index in [1.165, 1.54) is 19.4 Å². The van der Waals surface area contributed by atoms with E-state index >= 15 is 0 Å². The third kappa shape index (κ3) is 3.35. The van der Waals surface area contributed by atoms with Crippen LogP contribution >= 0.6 is 0 Å². The average molecular weight is 289 g/mol. The molecule has 5 heteroatoms. The maximum absolute atomic E-state index is 7.84. The van der Waals surface area contributed by atoms with Crippen molar-refractivity contribution < 1.29 is 0 Å². The third-order valence-electron chi connectivity index (χ3n) is 4.38. The molecule has 1 fully saturated rings. The molecule has 1 saturated heterocycles. The molecule has 1 atom stereocenters. The zero-order valence-electron chi connectivity index (χ0n) is 13.6. The van der Waals surface area contributed by atoms with Gasteiger partial charge in [0.25, 0.3) is 0 Å². The summed E-state index contributed by atoms with van der Waals surface area (Å²) in [7, 11) is 2.09. The van der Waals surface area contributed by atoms with E-state index in [-0.39, 0.29) is 5.84 Å². The van der Waals surface area contributed by atoms with Gasteiger partial charge in [-0.2, -0.15) is 0 Å². The predicted molar refractivity (Wildman–Crippen MR) is 88.3 cm³/mol. The van der Waals surface area contributed by atoms with Gasteiger partial charge in [-0.15, -0.1) is 0 Å². The number of nitrogens with one attached hydrogen (secondary N) is 1. The number of hydrogen-bond acceptors (Lipinski definition) is 4. The molecular weight excluding hydrogens is 262 g/mol. The molecule has 0 aromatic carbocycles. The number of hydrogen-bond donors (Lipinski definition) is 2. The van der Waals surface area contributed by atoms with E-state index in [1.807, 2.05) is 19.9 Å². The van der Waals surface area contributed by atoms with Gasteiger partial charge in [-0.1, -0.05) is 6.92 Å². The Bertz CT molecular complexity index is 526. The number of likely N-dealkylation sites (tertiary alicyclic amines) is 1. The Morgan fingerprint density at radius 3 is 2.86 bits per heavy atom. The molecule has 0 amide bonds. The lowest BCUT2D eigenvalue weighted by Gasteiger charge is -2.30. The first-order valence-corrected chi connectivity index (χ1v) is 7.71. The van der Waals surface area contributed by atoms with Crippen molar-refractivity contribution in [3.8, 4) is 0 Å². The van der Waals surface area contributed by atoms with Gasteiger partial charge in [-0.05, 0) is 45.8 Å². The molecule has 1 aliphatic rings. The molecule has 1 unspecified atom stereocenters. The first kappa shape index (κ1) is 15.8. The van der Waals surface area contributed by atoms with Crippen molar-refractivity contribution in [2.24, 2.45) is 5.73 Å². The molecule has 0 spiro atoms. The maximum Gasteiger partial charge on any atom is 0.126 e. The minimum atomic E-state index is 0.0978. The molecule has 5 nitrogen and oxygen atoms in total. The first-order chi connectivity index (χ1) is 9.93. The maximum atomic E-state index is 7.84. The van der Waals surface area contributed by atoms with Crippen molar-refractivity contribution in [3.63, 3.8) is 0 Å². The van der Waals surface area contributed by atoms with Crippen LogP contribution in [0, 0.1) is 19.3 Å². The molecular formula is C16H27N5. The van der Waals surface area contributed by atoms with E-state index in [4.69, 9.17) is 11.1 Å². The largest absolute Gasteiger partial charge is 0.384 e. The summed E-state index contributed by atoms with van der Waals surface area (Å²) in [6.07, 6.45) is 2.52. The van der Waals surface area contributed by atoms with E-state index in [0.29, 0.717) is 6.04 Å². The number of pyridine rings is 1. The zero-order valence-corrected chi connectivity index (χ0v) is 13.6. The monoisotopic (exact) mass is 289 g/mol. The normalized spacial score (nSPS) is 19.0. The number of aromatic nitrogens is 1. The standard InChI is InChI=1S/C16H27N5/c1-5-21-8-6-7-13(21)10-20(4)14-9-11(2)19-12(3)15(14)16(17)18/h9,13H,5-8,10H2,1-4H3,(H3,17,18). The lowest BCUT2D eigenvalue weighted by molar-refractivity contribution is 0.270. The van der Waals surface area contributed by atoms with Crippen LogP contribution in [0.5, 0.6) is 0 Å². The molecule has 2 rings (SSSR count). The second-order valence-corrected chi connectivity index (χ2v) is 5.96. The summed E-state index contributed by atoms with van der Waals surface area (Å²) >= 11 is 0. The fraction of sp³-hybridized carbons (Fsp3) is 0.625. The van der Waals surface area contributed by atoms with Crippen molar-refractivity contribution >= 4 is 11.5 Å². The van der Waals surface area contributed by atoms with Gasteiger partial charge >= 0.3 is 0 Å². The van der Waals surface area contributed by atoms with Crippen molar-refractivity contribution in [2.45, 2.75) is 39.7 Å². The minimum Gasteiger partial charge on any atom is -0.384 e. The highest BCUT2D eigenvalue weighted by molar-refractivity contribution is 6.01. The Kier molecular flexibility index (Phi) is 4.83. The number of nitrogens with two attached hydrogens (primary N) is 1. The first-order valence-electron chi connectivity index (χ1n) is 7.71. The fourth-order valence-corrected chi connectivity index (χ4v) is 3.37. The molecule has 3 N–H and O–H groups in total. The molecule has 1 aliphatic heterocycles. The lowest BCUT2D eigenvalue weighted by Crippen LogP contribution is -2.39. The van der Waals surface area contributed by atoms with Crippen LogP contribution in [-0.4, -0.2) is 48.4 Å². The van der Waals surface area contributed by atoms with Gasteiger partial charge in [0.1, 0.15) is 5.84 Å². The van der Waals surface area contributed by atoms with Gasteiger partial charge in [-0.25, -0.2) is 0 Å². The molecule has 0 radical (unpaired) electrons. The van der Waals surface area contributed by atoms with Crippen LogP contribution < -0.4 is 10.6 Å². The number of likely N-dealkylation sites (N-methyl/N-ethyl adjacent to an activating group) is 2. The summed E-state index contributed by atoms with van der Waals surface area (Å²) in [4.78, 5) is 9.21. The van der Waals surface area contributed by atoms with Crippen LogP contribution in [0.3, 0.4) is 0 Å². The summed E-state index contributed by atoms with van der Waals surface area (Å²) in [5.41, 5.74) is 9.37. The minimum absolute atomic E-state index is 0.0978. The van der Waals surface area contributed by atoms with Crippen LogP contribution in [0.1, 0.15) is 36.7 Å². The second-order valence-electron chi connectivity index (χ2n) is 5.96. The van der Waals surface area contributed by atoms with Crippen molar-refractivity contribution in [2.75, 3.05) is 31.6 Å². The summed E-state index contributed by atoms with van der Waals surface area (Å²) in [5.74, 6) is 0.0978. The number of anilines is 1. The van der Waals surface area contributed by atoms with Gasteiger partial charge < -0.3 is 10.6 Å². The van der Waals surface area contributed by atoms with Gasteiger partial charge in [-0.3, -0.25) is 15.3 Å². The molecule has 0 aliphatic carbocycles. The van der Waals surface area contributed by atoms with Crippen LogP contribution in [-0.2, 0) is 0 Å². The summed E-state index contributed by atoms with van der Waals surface area (Å²) in [5, 5.41) is 7.84. The van der Waals surface area contributed by atoms with Crippen molar-refractivity contribution in [1.82, 2.24) is 9.88 Å². The number of nitrogen functional groups attached to an aromatic ring is 1. The molecule has 21 heavy (non-hydrogen) atoms. The topological polar surface area (TPSA) is 69.2 Å². The Morgan fingerprint density at radius 2 is 2.24 bits per heavy atom. The average Bonchev–Trinajstić information content (AvgIpc) is 2.84. The highest BCUT2D eigenvalue weighted by atomic mass is 15.2. The van der Waals surface area contributed by atoms with E-state index in [0.717, 1.165) is 35.7 Å². The Hall–Kier alpha value is -1.62. The number of amidine groups is 1. The zero-order chi connectivity index (χ0) is 15.6. The van der Waals surface area contributed by atoms with Crippen molar-refractivity contribution in [1.29, 1.82) is 5.41 Å². The smallest absolute Gasteiger partial charge is 0.126 e. The van der Waals surface area contributed by atoms with E-state index in [1.54, 1.807) is 0 Å². The van der Waals surface area contributed by atoms with Gasteiger partial charge in [0.15, 0.2) is 0 Å². The summed E-state index contributed by atoms with van der Waals surface area (Å²) in [6.45, 7) is 9.41. The number of nitrogens with zero attached hydrogens (tertiary/aromatic N) is 3. The van der Waals surface area contributed by atoms with Crippen molar-refractivity contribution in [3.05, 3.63) is 23.0 Å². The predicted octanol–water partition coefficient (Wildman–Crippen LogP) is 1.90. The fourth-order valence-electron chi connectivity index (χ4n) is 3.37. The molecule has 0 bridgehead atoms. The van der Waals surface area contributed by atoms with Crippen LogP contribution in [0.15, 0.2) is 6.07 Å². The van der Waals surface area contributed by atoms with Gasteiger partial charge in [0, 0.05) is 25.3 Å². The quantitative estimate of drug-likeness (QED) is 0.641. The molecule has 2 heterocycles. The van der Waals surface area contributed by atoms with Crippen LogP contribution in [0.2, 0.25) is 0 Å². The van der Waals surface area contributed by atoms with E-state index < -0.39 is 0 Å². The third-order valence-corrected chi connectivity index (χ3v) is 4.38. The Morgan fingerprint density at radius 1 is 1.52 bits per heavy atom. The molecule has 1 aromatic heterocycles. The number of aryl methyl sites for hydroxylation is 2. The van der Waals surface area contributed by atoms with Gasteiger partial charge in [0.05, 0.1) is 16.9 Å². The summed E-state index contributed by atoms with van der Waals surface area (Å²) in [6, 6.07) is 2.63. The molecule has 1 aromatic rings. The highest BCUT2D eigenvalue weighted by Crippen LogP contribution is 2.25. The van der Waals surface area contributed by atoms with Crippen LogP contribution in [0.25, 0.3) is 0 Å². The van der Waals surface area contributed by atoms with E-state index in [9.17, 15) is 0 Å². The van der Waals surface area contributed by atoms with Gasteiger partial charge in [0.2, 0.25) is 0 Å². The van der Waals surface area contributed by atoms with Crippen LogP contribution in [0.4, 0.5) is 5.69 Å². The van der Waals surface area contributed by atoms with E-state index in [2.05, 4.69) is 28.8 Å². The second kappa shape index (κ2) is 6.43. The highest BCUT2D eigenvalue weighted by Gasteiger charge is 2.25. The lowest BCUT2D eigenvalue weighted by atomic mass is 10.1. The summed E-state index contributed by atoms with van der Waals surface area (Å²) < 4.78 is 0. The Labute approximate surface area is 127 Å². The molecule has 0 saturated carbocycles. The molecule has 116 valence electrons. The number of rotatable bonds is 5.